The Morgan fingerprint density at radius 1 is 1.17 bits per heavy atom. The summed E-state index contributed by atoms with van der Waals surface area (Å²) in [6.45, 7) is 10.3. The van der Waals surface area contributed by atoms with Crippen LogP contribution < -0.4 is 5.32 Å². The molecule has 2 rings (SSSR count). The van der Waals surface area contributed by atoms with Crippen LogP contribution in [0, 0.1) is 12.8 Å². The quantitative estimate of drug-likeness (QED) is 0.840. The summed E-state index contributed by atoms with van der Waals surface area (Å²) in [5.41, 5.74) is 2.53. The Morgan fingerprint density at radius 3 is 2.35 bits per heavy atom. The molecule has 1 aliphatic rings. The molecule has 1 saturated heterocycles. The zero-order valence-corrected chi connectivity index (χ0v) is 14.7. The van der Waals surface area contributed by atoms with Crippen LogP contribution in [0.5, 0.6) is 0 Å². The summed E-state index contributed by atoms with van der Waals surface area (Å²) in [5, 5.41) is 3.17. The molecular weight excluding hydrogens is 288 g/mol. The highest BCUT2D eigenvalue weighted by Gasteiger charge is 2.24. The lowest BCUT2D eigenvalue weighted by atomic mass is 10.0. The minimum Gasteiger partial charge on any atom is -0.379 e. The average molecular weight is 318 g/mol. The van der Waals surface area contributed by atoms with E-state index < -0.39 is 0 Å². The van der Waals surface area contributed by atoms with E-state index in [1.807, 2.05) is 0 Å². The van der Waals surface area contributed by atoms with Crippen LogP contribution in [0.25, 0.3) is 0 Å². The zero-order valence-electron chi connectivity index (χ0n) is 14.7. The van der Waals surface area contributed by atoms with Gasteiger partial charge in [0.2, 0.25) is 5.91 Å². The van der Waals surface area contributed by atoms with Crippen molar-refractivity contribution in [1.82, 2.24) is 10.2 Å². The summed E-state index contributed by atoms with van der Waals surface area (Å²) in [4.78, 5) is 14.7. The molecule has 0 unspecified atom stereocenters. The van der Waals surface area contributed by atoms with E-state index in [9.17, 15) is 4.79 Å². The van der Waals surface area contributed by atoms with E-state index in [0.717, 1.165) is 39.1 Å². The molecule has 1 aromatic carbocycles. The van der Waals surface area contributed by atoms with E-state index in [4.69, 9.17) is 4.74 Å². The predicted molar refractivity (Wildman–Crippen MR) is 93.4 cm³/mol. The van der Waals surface area contributed by atoms with Crippen molar-refractivity contribution in [3.63, 3.8) is 0 Å². The van der Waals surface area contributed by atoms with Crippen LogP contribution in [-0.4, -0.2) is 43.7 Å². The maximum absolute atomic E-state index is 12.3. The number of aryl methyl sites for hydroxylation is 1. The monoisotopic (exact) mass is 318 g/mol. The standard InChI is InChI=1S/C19H30N2O2/c1-4-16(5-2)19(22)20-14-18(21-10-12-23-13-11-21)17-8-6-15(3)7-9-17/h6-9,16,18H,4-5,10-14H2,1-3H3,(H,20,22)/t18-/m0/s1. The van der Waals surface area contributed by atoms with E-state index in [2.05, 4.69) is 55.3 Å². The molecule has 1 heterocycles. The first kappa shape index (κ1) is 18.0. The minimum absolute atomic E-state index is 0.123. The zero-order chi connectivity index (χ0) is 16.7. The molecule has 0 saturated carbocycles. The molecule has 0 radical (unpaired) electrons. The van der Waals surface area contributed by atoms with E-state index >= 15 is 0 Å². The number of rotatable bonds is 7. The Morgan fingerprint density at radius 2 is 1.78 bits per heavy atom. The van der Waals surface area contributed by atoms with Crippen LogP contribution in [0.2, 0.25) is 0 Å². The van der Waals surface area contributed by atoms with Crippen LogP contribution in [-0.2, 0) is 9.53 Å². The third kappa shape index (κ3) is 5.05. The summed E-state index contributed by atoms with van der Waals surface area (Å²) < 4.78 is 5.47. The number of amides is 1. The molecule has 4 heteroatoms. The van der Waals surface area contributed by atoms with E-state index in [1.165, 1.54) is 11.1 Å². The minimum atomic E-state index is 0.123. The van der Waals surface area contributed by atoms with Crippen molar-refractivity contribution in [3.8, 4) is 0 Å². The van der Waals surface area contributed by atoms with Crippen LogP contribution in [0.15, 0.2) is 24.3 Å². The second-order valence-corrected chi connectivity index (χ2v) is 6.33. The fraction of sp³-hybridized carbons (Fsp3) is 0.632. The SMILES string of the molecule is CCC(CC)C(=O)NC[C@@H](c1ccc(C)cc1)N1CCOCC1. The van der Waals surface area contributed by atoms with Gasteiger partial charge in [0.05, 0.1) is 19.3 Å². The van der Waals surface area contributed by atoms with Crippen LogP contribution >= 0.6 is 0 Å². The highest BCUT2D eigenvalue weighted by molar-refractivity contribution is 5.78. The molecule has 128 valence electrons. The van der Waals surface area contributed by atoms with Crippen molar-refractivity contribution >= 4 is 5.91 Å². The number of carbonyl (C=O) groups excluding carboxylic acids is 1. The molecule has 1 fully saturated rings. The molecule has 0 bridgehead atoms. The summed E-state index contributed by atoms with van der Waals surface area (Å²) in [7, 11) is 0. The highest BCUT2D eigenvalue weighted by atomic mass is 16.5. The Balaban J connectivity index is 2.07. The first-order chi connectivity index (χ1) is 11.2. The largest absolute Gasteiger partial charge is 0.379 e. The van der Waals surface area contributed by atoms with Gasteiger partial charge in [0.15, 0.2) is 0 Å². The lowest BCUT2D eigenvalue weighted by Gasteiger charge is -2.35. The maximum atomic E-state index is 12.3. The van der Waals surface area contributed by atoms with E-state index in [-0.39, 0.29) is 17.9 Å². The van der Waals surface area contributed by atoms with Gasteiger partial charge in [0.1, 0.15) is 0 Å². The predicted octanol–water partition coefficient (Wildman–Crippen LogP) is 2.92. The summed E-state index contributed by atoms with van der Waals surface area (Å²) >= 11 is 0. The van der Waals surface area contributed by atoms with Gasteiger partial charge in [0, 0.05) is 25.6 Å². The lowest BCUT2D eigenvalue weighted by Crippen LogP contribution is -2.44. The van der Waals surface area contributed by atoms with Crippen molar-refractivity contribution in [1.29, 1.82) is 0 Å². The van der Waals surface area contributed by atoms with Gasteiger partial charge in [-0.05, 0) is 25.3 Å². The smallest absolute Gasteiger partial charge is 0.223 e. The number of hydrogen-bond acceptors (Lipinski definition) is 3. The van der Waals surface area contributed by atoms with Gasteiger partial charge in [-0.1, -0.05) is 43.7 Å². The maximum Gasteiger partial charge on any atom is 0.223 e. The van der Waals surface area contributed by atoms with Gasteiger partial charge in [0.25, 0.3) is 0 Å². The van der Waals surface area contributed by atoms with Crippen molar-refractivity contribution < 1.29 is 9.53 Å². The molecule has 0 aromatic heterocycles. The Kier molecular flexibility index (Phi) is 7.06. The lowest BCUT2D eigenvalue weighted by molar-refractivity contribution is -0.125. The van der Waals surface area contributed by atoms with Gasteiger partial charge >= 0.3 is 0 Å². The molecule has 1 aromatic rings. The Bertz CT molecular complexity index is 477. The topological polar surface area (TPSA) is 41.6 Å². The number of nitrogens with one attached hydrogen (secondary N) is 1. The van der Waals surface area contributed by atoms with Gasteiger partial charge in [-0.3, -0.25) is 9.69 Å². The van der Waals surface area contributed by atoms with Crippen LogP contribution in [0.3, 0.4) is 0 Å². The fourth-order valence-electron chi connectivity index (χ4n) is 3.14. The molecule has 23 heavy (non-hydrogen) atoms. The van der Waals surface area contributed by atoms with Crippen molar-refractivity contribution in [2.45, 2.75) is 39.7 Å². The highest BCUT2D eigenvalue weighted by Crippen LogP contribution is 2.22. The second-order valence-electron chi connectivity index (χ2n) is 6.33. The van der Waals surface area contributed by atoms with Crippen molar-refractivity contribution in [2.24, 2.45) is 5.92 Å². The molecule has 0 aliphatic carbocycles. The first-order valence-corrected chi connectivity index (χ1v) is 8.81. The van der Waals surface area contributed by atoms with Crippen LogP contribution in [0.4, 0.5) is 0 Å². The molecule has 1 aliphatic heterocycles. The fourth-order valence-corrected chi connectivity index (χ4v) is 3.14. The third-order valence-corrected chi connectivity index (χ3v) is 4.77. The van der Waals surface area contributed by atoms with Gasteiger partial charge in [-0.25, -0.2) is 0 Å². The number of ether oxygens (including phenoxy) is 1. The summed E-state index contributed by atoms with van der Waals surface area (Å²) in [5.74, 6) is 0.304. The molecular formula is C19H30N2O2. The van der Waals surface area contributed by atoms with Crippen molar-refractivity contribution in [3.05, 3.63) is 35.4 Å². The number of benzene rings is 1. The molecule has 1 atom stereocenters. The second kappa shape index (κ2) is 9.04. The summed E-state index contributed by atoms with van der Waals surface area (Å²) in [6, 6.07) is 8.87. The van der Waals surface area contributed by atoms with Gasteiger partial charge in [-0.2, -0.15) is 0 Å². The Hall–Kier alpha value is -1.39. The van der Waals surface area contributed by atoms with Gasteiger partial charge < -0.3 is 10.1 Å². The average Bonchev–Trinajstić information content (AvgIpc) is 2.58. The Labute approximate surface area is 140 Å². The number of hydrogen-bond donors (Lipinski definition) is 1. The molecule has 4 nitrogen and oxygen atoms in total. The number of nitrogens with zero attached hydrogens (tertiary/aromatic N) is 1. The number of carbonyl (C=O) groups is 1. The van der Waals surface area contributed by atoms with Crippen LogP contribution in [0.1, 0.15) is 43.9 Å². The molecule has 0 spiro atoms. The summed E-state index contributed by atoms with van der Waals surface area (Å²) in [6.07, 6.45) is 1.80. The van der Waals surface area contributed by atoms with Gasteiger partial charge in [-0.15, -0.1) is 0 Å². The van der Waals surface area contributed by atoms with E-state index in [0.29, 0.717) is 6.54 Å². The first-order valence-electron chi connectivity index (χ1n) is 8.81. The molecule has 1 amide bonds. The normalized spacial score (nSPS) is 17.2. The molecule has 1 N–H and O–H groups in total. The third-order valence-electron chi connectivity index (χ3n) is 4.77. The van der Waals surface area contributed by atoms with E-state index in [1.54, 1.807) is 0 Å². The van der Waals surface area contributed by atoms with Crippen molar-refractivity contribution in [2.75, 3.05) is 32.8 Å². The number of morpholine rings is 1.